The predicted octanol–water partition coefficient (Wildman–Crippen LogP) is 2.19. The second-order valence-corrected chi connectivity index (χ2v) is 10.5. The quantitative estimate of drug-likeness (QED) is 0.707. The maximum absolute atomic E-state index is 11.5. The molecule has 1 aliphatic heterocycles. The molecule has 3 N–H and O–H groups in total. The van der Waals surface area contributed by atoms with Gasteiger partial charge in [-0.1, -0.05) is 35.0 Å². The average Bonchev–Trinajstić information content (AvgIpc) is 2.68. The van der Waals surface area contributed by atoms with Crippen molar-refractivity contribution in [1.29, 1.82) is 0 Å². The molecule has 0 saturated carbocycles. The monoisotopic (exact) mass is 418 g/mol. The van der Waals surface area contributed by atoms with Crippen LogP contribution >= 0.6 is 35.0 Å². The standard InChI is InChI=1S/C11H12Cl2N2O5S3/c1-22(16,17)15-9-3-2-8(23(14,18)19)4-10(9)20-11(13)5-7(12)6-21-11/h2-4,6,15H,5H2,1H3,(H2,14,18,19). The molecule has 1 aromatic rings. The van der Waals surface area contributed by atoms with E-state index in [4.69, 9.17) is 33.1 Å². The Hall–Kier alpha value is -0.650. The number of ether oxygens (including phenoxy) is 1. The Labute approximate surface area is 148 Å². The van der Waals surface area contributed by atoms with E-state index in [1.807, 2.05) is 0 Å². The molecule has 0 saturated heterocycles. The normalized spacial score (nSPS) is 21.8. The van der Waals surface area contributed by atoms with Gasteiger partial charge in [0, 0.05) is 17.5 Å². The van der Waals surface area contributed by atoms with Gasteiger partial charge >= 0.3 is 0 Å². The molecule has 1 atom stereocenters. The summed E-state index contributed by atoms with van der Waals surface area (Å²) in [5.74, 6) is -0.0794. The number of alkyl halides is 1. The highest BCUT2D eigenvalue weighted by atomic mass is 35.5. The molecule has 1 heterocycles. The zero-order chi connectivity index (χ0) is 17.5. The first-order valence-corrected chi connectivity index (χ1v) is 11.0. The van der Waals surface area contributed by atoms with E-state index in [-0.39, 0.29) is 22.8 Å². The molecule has 2 rings (SSSR count). The van der Waals surface area contributed by atoms with E-state index in [1.165, 1.54) is 6.07 Å². The van der Waals surface area contributed by atoms with Gasteiger partial charge in [0.05, 0.1) is 16.8 Å². The van der Waals surface area contributed by atoms with Crippen molar-refractivity contribution >= 4 is 60.7 Å². The number of benzene rings is 1. The first-order valence-electron chi connectivity index (χ1n) is 5.93. The van der Waals surface area contributed by atoms with Crippen molar-refractivity contribution in [3.05, 3.63) is 28.6 Å². The molecule has 1 aliphatic rings. The maximum Gasteiger partial charge on any atom is 0.238 e. The van der Waals surface area contributed by atoms with Crippen molar-refractivity contribution in [2.75, 3.05) is 11.0 Å². The Morgan fingerprint density at radius 2 is 2.00 bits per heavy atom. The van der Waals surface area contributed by atoms with Crippen LogP contribution in [0, 0.1) is 0 Å². The second-order valence-electron chi connectivity index (χ2n) is 4.70. The number of hydrogen-bond acceptors (Lipinski definition) is 6. The van der Waals surface area contributed by atoms with Gasteiger partial charge in [-0.05, 0) is 17.5 Å². The van der Waals surface area contributed by atoms with E-state index in [1.54, 1.807) is 5.41 Å². The summed E-state index contributed by atoms with van der Waals surface area (Å²) in [4.78, 5) is -0.242. The smallest absolute Gasteiger partial charge is 0.238 e. The summed E-state index contributed by atoms with van der Waals surface area (Å²) in [6.45, 7) is 0. The lowest BCUT2D eigenvalue weighted by Crippen LogP contribution is -2.23. The van der Waals surface area contributed by atoms with Gasteiger partial charge in [-0.3, -0.25) is 4.72 Å². The van der Waals surface area contributed by atoms with Crippen molar-refractivity contribution in [3.8, 4) is 5.75 Å². The Morgan fingerprint density at radius 1 is 1.35 bits per heavy atom. The molecule has 23 heavy (non-hydrogen) atoms. The van der Waals surface area contributed by atoms with Crippen molar-refractivity contribution in [2.45, 2.75) is 15.7 Å². The molecule has 0 spiro atoms. The minimum absolute atomic E-state index is 0.0311. The van der Waals surface area contributed by atoms with E-state index < -0.39 is 24.4 Å². The first-order chi connectivity index (χ1) is 10.4. The highest BCUT2D eigenvalue weighted by Gasteiger charge is 2.36. The van der Waals surface area contributed by atoms with Crippen LogP contribution in [0.1, 0.15) is 6.42 Å². The minimum atomic E-state index is -4.00. The van der Waals surface area contributed by atoms with Crippen LogP contribution in [0.3, 0.4) is 0 Å². The summed E-state index contributed by atoms with van der Waals surface area (Å²) in [6, 6.07) is 3.48. The van der Waals surface area contributed by atoms with Crippen LogP contribution in [0.15, 0.2) is 33.5 Å². The minimum Gasteiger partial charge on any atom is -0.460 e. The lowest BCUT2D eigenvalue weighted by atomic mass is 10.3. The molecule has 7 nitrogen and oxygen atoms in total. The third-order valence-corrected chi connectivity index (χ3v) is 5.92. The Morgan fingerprint density at radius 3 is 2.48 bits per heavy atom. The number of thioether (sulfide) groups is 1. The maximum atomic E-state index is 11.5. The van der Waals surface area contributed by atoms with Crippen molar-refractivity contribution in [3.63, 3.8) is 0 Å². The van der Waals surface area contributed by atoms with E-state index in [2.05, 4.69) is 4.72 Å². The Bertz CT molecular complexity index is 870. The van der Waals surface area contributed by atoms with Crippen LogP contribution in [-0.2, 0) is 20.0 Å². The number of anilines is 1. The van der Waals surface area contributed by atoms with Crippen molar-refractivity contribution in [2.24, 2.45) is 5.14 Å². The topological polar surface area (TPSA) is 116 Å². The van der Waals surface area contributed by atoms with Gasteiger partial charge in [0.1, 0.15) is 5.75 Å². The molecule has 0 bridgehead atoms. The second kappa shape index (κ2) is 6.34. The van der Waals surface area contributed by atoms with Crippen LogP contribution in [0.2, 0.25) is 0 Å². The third kappa shape index (κ3) is 5.16. The molecule has 0 amide bonds. The SMILES string of the molecule is CS(=O)(=O)Nc1ccc(S(N)(=O)=O)cc1OC1(Cl)CC(Cl)=CS1. The summed E-state index contributed by atoms with van der Waals surface area (Å²) in [5.41, 5.74) is 0.0311. The van der Waals surface area contributed by atoms with E-state index >= 15 is 0 Å². The number of halogens is 2. The predicted molar refractivity (Wildman–Crippen MR) is 91.6 cm³/mol. The number of primary sulfonamides is 1. The molecule has 128 valence electrons. The summed E-state index contributed by atoms with van der Waals surface area (Å²) in [5, 5.41) is 7.12. The number of hydrogen-bond donors (Lipinski definition) is 2. The largest absolute Gasteiger partial charge is 0.460 e. The van der Waals surface area contributed by atoms with Gasteiger partial charge in [-0.15, -0.1) is 0 Å². The van der Waals surface area contributed by atoms with Gasteiger partial charge in [-0.25, -0.2) is 22.0 Å². The summed E-state index contributed by atoms with van der Waals surface area (Å²) in [7, 11) is -7.61. The van der Waals surface area contributed by atoms with Gasteiger partial charge in [0.25, 0.3) is 0 Å². The number of nitrogens with one attached hydrogen (secondary N) is 1. The van der Waals surface area contributed by atoms with Crippen molar-refractivity contribution in [1.82, 2.24) is 0 Å². The van der Waals surface area contributed by atoms with Crippen LogP contribution in [0.5, 0.6) is 5.75 Å². The highest BCUT2D eigenvalue weighted by Crippen LogP contribution is 2.47. The average molecular weight is 419 g/mol. The van der Waals surface area contributed by atoms with Crippen LogP contribution < -0.4 is 14.6 Å². The van der Waals surface area contributed by atoms with Crippen LogP contribution in [-0.4, -0.2) is 27.5 Å². The lowest BCUT2D eigenvalue weighted by Gasteiger charge is -2.24. The van der Waals surface area contributed by atoms with Crippen LogP contribution in [0.4, 0.5) is 5.69 Å². The molecule has 0 radical (unpaired) electrons. The fraction of sp³-hybridized carbons (Fsp3) is 0.273. The van der Waals surface area contributed by atoms with E-state index in [9.17, 15) is 16.8 Å². The molecule has 0 aliphatic carbocycles. The Kier molecular flexibility index (Phi) is 5.15. The number of nitrogens with two attached hydrogens (primary N) is 1. The summed E-state index contributed by atoms with van der Waals surface area (Å²) in [6.07, 6.45) is 1.11. The number of rotatable bonds is 5. The third-order valence-electron chi connectivity index (χ3n) is 2.58. The van der Waals surface area contributed by atoms with Crippen LogP contribution in [0.25, 0.3) is 0 Å². The Balaban J connectivity index is 2.44. The van der Waals surface area contributed by atoms with Gasteiger partial charge < -0.3 is 4.74 Å². The number of sulfonamides is 2. The van der Waals surface area contributed by atoms with E-state index in [0.29, 0.717) is 5.03 Å². The molecular weight excluding hydrogens is 407 g/mol. The summed E-state index contributed by atoms with van der Waals surface area (Å²) < 4.78 is 52.3. The fourth-order valence-corrected chi connectivity index (χ4v) is 4.40. The zero-order valence-corrected chi connectivity index (χ0v) is 15.6. The van der Waals surface area contributed by atoms with Crippen molar-refractivity contribution < 1.29 is 21.6 Å². The van der Waals surface area contributed by atoms with E-state index in [0.717, 1.165) is 30.2 Å². The molecule has 0 aromatic heterocycles. The summed E-state index contributed by atoms with van der Waals surface area (Å²) >= 11 is 13.2. The van der Waals surface area contributed by atoms with Gasteiger partial charge in [0.15, 0.2) is 0 Å². The molecule has 12 heteroatoms. The van der Waals surface area contributed by atoms with Gasteiger partial charge in [0.2, 0.25) is 24.4 Å². The lowest BCUT2D eigenvalue weighted by molar-refractivity contribution is 0.255. The fourth-order valence-electron chi connectivity index (χ4n) is 1.71. The molecule has 1 unspecified atom stereocenters. The zero-order valence-electron chi connectivity index (χ0n) is 11.6. The first kappa shape index (κ1) is 18.7. The molecule has 0 fully saturated rings. The highest BCUT2D eigenvalue weighted by molar-refractivity contribution is 8.04. The molecular formula is C11H12Cl2N2O5S3. The van der Waals surface area contributed by atoms with Gasteiger partial charge in [-0.2, -0.15) is 0 Å². The molecule has 1 aromatic carbocycles.